The van der Waals surface area contributed by atoms with Gasteiger partial charge in [-0.2, -0.15) is 0 Å². The van der Waals surface area contributed by atoms with Crippen LogP contribution < -0.4 is 4.74 Å². The van der Waals surface area contributed by atoms with Crippen molar-refractivity contribution < 1.29 is 14.6 Å². The minimum absolute atomic E-state index is 0.210. The molecule has 1 aromatic carbocycles. The van der Waals surface area contributed by atoms with Gasteiger partial charge in [0.2, 0.25) is 0 Å². The summed E-state index contributed by atoms with van der Waals surface area (Å²) in [6.45, 7) is 7.90. The second-order valence-electron chi connectivity index (χ2n) is 7.09. The van der Waals surface area contributed by atoms with Crippen LogP contribution in [-0.4, -0.2) is 48.0 Å². The van der Waals surface area contributed by atoms with Crippen molar-refractivity contribution in [3.8, 4) is 5.75 Å². The summed E-state index contributed by atoms with van der Waals surface area (Å²) >= 11 is 0. The second-order valence-corrected chi connectivity index (χ2v) is 7.09. The Morgan fingerprint density at radius 2 is 2.05 bits per heavy atom. The molecule has 0 spiro atoms. The molecule has 1 unspecified atom stereocenters. The Bertz CT molecular complexity index is 466. The molecule has 22 heavy (non-hydrogen) atoms. The van der Waals surface area contributed by atoms with Gasteiger partial charge in [0.15, 0.2) is 0 Å². The van der Waals surface area contributed by atoms with E-state index in [2.05, 4.69) is 17.0 Å². The minimum Gasteiger partial charge on any atom is -0.497 e. The molecule has 1 saturated carbocycles. The lowest BCUT2D eigenvalue weighted by molar-refractivity contribution is -0.0572. The van der Waals surface area contributed by atoms with Crippen LogP contribution in [0.5, 0.6) is 5.75 Å². The van der Waals surface area contributed by atoms with Crippen LogP contribution in [0.25, 0.3) is 0 Å². The van der Waals surface area contributed by atoms with E-state index in [1.54, 1.807) is 7.11 Å². The van der Waals surface area contributed by atoms with E-state index in [1.165, 1.54) is 18.4 Å². The van der Waals surface area contributed by atoms with E-state index in [0.29, 0.717) is 19.2 Å². The zero-order valence-electron chi connectivity index (χ0n) is 14.2. The van der Waals surface area contributed by atoms with Crippen molar-refractivity contribution in [2.75, 3.05) is 20.3 Å². The van der Waals surface area contributed by atoms with Crippen LogP contribution in [0.2, 0.25) is 0 Å². The Morgan fingerprint density at radius 3 is 2.64 bits per heavy atom. The third kappa shape index (κ3) is 5.95. The number of rotatable bonds is 8. The fraction of sp³-hybridized carbons (Fsp3) is 0.667. The van der Waals surface area contributed by atoms with E-state index in [4.69, 9.17) is 9.47 Å². The van der Waals surface area contributed by atoms with Crippen molar-refractivity contribution in [1.82, 2.24) is 4.90 Å². The lowest BCUT2D eigenvalue weighted by Crippen LogP contribution is -2.37. The summed E-state index contributed by atoms with van der Waals surface area (Å²) in [5.41, 5.74) is 1.01. The Hall–Kier alpha value is -1.10. The number of hydrogen-bond acceptors (Lipinski definition) is 4. The number of methoxy groups -OCH3 is 1. The molecule has 2 rings (SSSR count). The highest BCUT2D eigenvalue weighted by Crippen LogP contribution is 2.29. The zero-order chi connectivity index (χ0) is 16.2. The summed E-state index contributed by atoms with van der Waals surface area (Å²) in [6.07, 6.45) is 1.98. The van der Waals surface area contributed by atoms with Crippen molar-refractivity contribution in [3.63, 3.8) is 0 Å². The maximum Gasteiger partial charge on any atom is 0.119 e. The van der Waals surface area contributed by atoms with Gasteiger partial charge in [-0.3, -0.25) is 4.90 Å². The first-order valence-electron chi connectivity index (χ1n) is 8.06. The summed E-state index contributed by atoms with van der Waals surface area (Å²) in [4.78, 5) is 2.35. The Morgan fingerprint density at radius 1 is 1.32 bits per heavy atom. The highest BCUT2D eigenvalue weighted by Gasteiger charge is 2.30. The van der Waals surface area contributed by atoms with Crippen molar-refractivity contribution in [2.45, 2.75) is 57.9 Å². The average molecular weight is 307 g/mol. The maximum absolute atomic E-state index is 10.2. The first kappa shape index (κ1) is 17.3. The summed E-state index contributed by atoms with van der Waals surface area (Å²) in [7, 11) is 1.69. The van der Waals surface area contributed by atoms with Crippen LogP contribution in [0.3, 0.4) is 0 Å². The molecule has 0 amide bonds. The Balaban J connectivity index is 1.89. The van der Waals surface area contributed by atoms with Gasteiger partial charge in [-0.1, -0.05) is 12.1 Å². The van der Waals surface area contributed by atoms with Crippen LogP contribution >= 0.6 is 0 Å². The first-order valence-corrected chi connectivity index (χ1v) is 8.06. The molecule has 124 valence electrons. The molecule has 1 fully saturated rings. The Labute approximate surface area is 134 Å². The van der Waals surface area contributed by atoms with E-state index in [1.807, 2.05) is 32.9 Å². The zero-order valence-corrected chi connectivity index (χ0v) is 14.2. The molecule has 1 atom stereocenters. The van der Waals surface area contributed by atoms with Crippen molar-refractivity contribution in [1.29, 1.82) is 0 Å². The lowest BCUT2D eigenvalue weighted by Gasteiger charge is -2.27. The molecule has 0 bridgehead atoms. The molecular weight excluding hydrogens is 278 g/mol. The van der Waals surface area contributed by atoms with Gasteiger partial charge in [0.25, 0.3) is 0 Å². The van der Waals surface area contributed by atoms with Gasteiger partial charge in [-0.05, 0) is 51.3 Å². The fourth-order valence-electron chi connectivity index (χ4n) is 2.46. The highest BCUT2D eigenvalue weighted by atomic mass is 16.5. The number of aliphatic hydroxyl groups is 1. The van der Waals surface area contributed by atoms with E-state index in [9.17, 15) is 5.11 Å². The van der Waals surface area contributed by atoms with Crippen molar-refractivity contribution >= 4 is 0 Å². The number of benzene rings is 1. The van der Waals surface area contributed by atoms with Crippen LogP contribution in [0.4, 0.5) is 0 Å². The quantitative estimate of drug-likeness (QED) is 0.802. The molecule has 4 nitrogen and oxygen atoms in total. The van der Waals surface area contributed by atoms with Crippen molar-refractivity contribution in [3.05, 3.63) is 29.8 Å². The molecule has 1 aliphatic carbocycles. The van der Waals surface area contributed by atoms with Gasteiger partial charge in [0.1, 0.15) is 5.75 Å². The summed E-state index contributed by atoms with van der Waals surface area (Å²) in [5.74, 6) is 0.880. The van der Waals surface area contributed by atoms with Crippen LogP contribution in [0.1, 0.15) is 39.2 Å². The predicted octanol–water partition coefficient (Wildman–Crippen LogP) is 2.84. The molecule has 0 saturated heterocycles. The number of hydrogen-bond donors (Lipinski definition) is 1. The fourth-order valence-corrected chi connectivity index (χ4v) is 2.46. The molecule has 1 aliphatic rings. The van der Waals surface area contributed by atoms with E-state index in [0.717, 1.165) is 12.3 Å². The third-order valence-corrected chi connectivity index (χ3v) is 3.74. The normalized spacial score (nSPS) is 16.8. The van der Waals surface area contributed by atoms with Gasteiger partial charge in [0.05, 0.1) is 25.4 Å². The smallest absolute Gasteiger partial charge is 0.119 e. The first-order chi connectivity index (χ1) is 10.4. The molecule has 4 heteroatoms. The number of nitrogens with zero attached hydrogens (tertiary/aromatic N) is 1. The molecule has 1 N–H and O–H groups in total. The van der Waals surface area contributed by atoms with Crippen LogP contribution in [0, 0.1) is 0 Å². The van der Waals surface area contributed by atoms with Crippen molar-refractivity contribution in [2.24, 2.45) is 0 Å². The van der Waals surface area contributed by atoms with Gasteiger partial charge in [-0.15, -0.1) is 0 Å². The average Bonchev–Trinajstić information content (AvgIpc) is 3.28. The summed E-state index contributed by atoms with van der Waals surface area (Å²) in [5, 5.41) is 10.2. The molecular formula is C18H29NO3. The summed E-state index contributed by atoms with van der Waals surface area (Å²) < 4.78 is 11.0. The molecule has 0 aliphatic heterocycles. The lowest BCUT2D eigenvalue weighted by atomic mass is 10.1. The predicted molar refractivity (Wildman–Crippen MR) is 88.1 cm³/mol. The van der Waals surface area contributed by atoms with E-state index < -0.39 is 6.10 Å². The third-order valence-electron chi connectivity index (χ3n) is 3.74. The SMILES string of the molecule is COc1cccc(CN(CC(O)COC(C)(C)C)C2CC2)c1. The van der Waals surface area contributed by atoms with Gasteiger partial charge in [0, 0.05) is 19.1 Å². The largest absolute Gasteiger partial charge is 0.497 e. The molecule has 0 aromatic heterocycles. The van der Waals surface area contributed by atoms with Gasteiger partial charge < -0.3 is 14.6 Å². The standard InChI is InChI=1S/C18H29NO3/c1-18(2,3)22-13-16(20)12-19(15-8-9-15)11-14-6-5-7-17(10-14)21-4/h5-7,10,15-16,20H,8-9,11-13H2,1-4H3. The van der Waals surface area contributed by atoms with Crippen LogP contribution in [-0.2, 0) is 11.3 Å². The molecule has 0 heterocycles. The van der Waals surface area contributed by atoms with E-state index in [-0.39, 0.29) is 5.60 Å². The highest BCUT2D eigenvalue weighted by molar-refractivity contribution is 5.28. The Kier molecular flexibility index (Phi) is 5.84. The monoisotopic (exact) mass is 307 g/mol. The van der Waals surface area contributed by atoms with Crippen LogP contribution in [0.15, 0.2) is 24.3 Å². The van der Waals surface area contributed by atoms with Gasteiger partial charge in [-0.25, -0.2) is 0 Å². The number of ether oxygens (including phenoxy) is 2. The summed E-state index contributed by atoms with van der Waals surface area (Å²) in [6, 6.07) is 8.73. The topological polar surface area (TPSA) is 41.9 Å². The molecule has 0 radical (unpaired) electrons. The molecule has 1 aromatic rings. The van der Waals surface area contributed by atoms with E-state index >= 15 is 0 Å². The van der Waals surface area contributed by atoms with Gasteiger partial charge >= 0.3 is 0 Å². The number of aliphatic hydroxyl groups excluding tert-OH is 1. The second kappa shape index (κ2) is 7.44. The minimum atomic E-state index is -0.453. The maximum atomic E-state index is 10.2.